The van der Waals surface area contributed by atoms with Crippen LogP contribution < -0.4 is 15.4 Å². The third-order valence-corrected chi connectivity index (χ3v) is 3.13. The third-order valence-electron chi connectivity index (χ3n) is 3.13. The van der Waals surface area contributed by atoms with E-state index in [1.54, 1.807) is 6.92 Å². The normalized spacial score (nSPS) is 13.3. The predicted molar refractivity (Wildman–Crippen MR) is 81.7 cm³/mol. The van der Waals surface area contributed by atoms with Crippen LogP contribution in [0.15, 0.2) is 18.2 Å². The number of hydrogen-bond donors (Lipinski definition) is 3. The van der Waals surface area contributed by atoms with Crippen molar-refractivity contribution in [2.75, 3.05) is 32.2 Å². The molecule has 0 spiro atoms. The molecule has 0 radical (unpaired) electrons. The number of carbonyl (C=O) groups excluding carboxylic acids is 1. The third kappa shape index (κ3) is 6.28. The molecule has 1 aromatic rings. The summed E-state index contributed by atoms with van der Waals surface area (Å²) in [5.41, 5.74) is -0.674. The monoisotopic (exact) mass is 314 g/mol. The second-order valence-corrected chi connectivity index (χ2v) is 5.14. The molecule has 0 saturated carbocycles. The Bertz CT molecular complexity index is 494. The number of hydrogen-bond acceptors (Lipinski definition) is 4. The van der Waals surface area contributed by atoms with Crippen molar-refractivity contribution in [1.82, 2.24) is 5.32 Å². The van der Waals surface area contributed by atoms with Gasteiger partial charge >= 0.3 is 6.03 Å². The molecule has 0 unspecified atom stereocenters. The van der Waals surface area contributed by atoms with E-state index in [0.29, 0.717) is 18.7 Å². The first kappa shape index (κ1) is 18.2. The Labute approximate surface area is 129 Å². The molecule has 0 bridgehead atoms. The lowest BCUT2D eigenvalue weighted by atomic mass is 10.0. The van der Waals surface area contributed by atoms with E-state index >= 15 is 0 Å². The zero-order valence-electron chi connectivity index (χ0n) is 13.1. The number of aliphatic hydroxyl groups is 1. The van der Waals surface area contributed by atoms with Crippen molar-refractivity contribution in [3.63, 3.8) is 0 Å². The molecule has 1 rings (SSSR count). The number of halogens is 1. The minimum absolute atomic E-state index is 0.0944. The molecule has 0 aliphatic heterocycles. The summed E-state index contributed by atoms with van der Waals surface area (Å²) in [7, 11) is 1.53. The van der Waals surface area contributed by atoms with Crippen LogP contribution in [0.25, 0.3) is 0 Å². The Morgan fingerprint density at radius 3 is 2.73 bits per heavy atom. The standard InChI is InChI=1S/C15H23FN2O4/c1-4-15(2,20)10-17-14(19)18-11-5-6-13(12(16)9-11)22-8-7-21-3/h5-6,9,20H,4,7-8,10H2,1-3H3,(H2,17,18,19)/t15-/m1/s1. The van der Waals surface area contributed by atoms with Gasteiger partial charge in [-0.1, -0.05) is 6.92 Å². The summed E-state index contributed by atoms with van der Waals surface area (Å²) < 4.78 is 23.8. The summed E-state index contributed by atoms with van der Waals surface area (Å²) in [4.78, 5) is 11.7. The number of amides is 2. The Balaban J connectivity index is 2.52. The number of ether oxygens (including phenoxy) is 2. The Hall–Kier alpha value is -1.86. The summed E-state index contributed by atoms with van der Waals surface area (Å²) in [6, 6.07) is 3.62. The molecule has 0 aliphatic carbocycles. The molecule has 0 fully saturated rings. The largest absolute Gasteiger partial charge is 0.488 e. The predicted octanol–water partition coefficient (Wildman–Crippen LogP) is 2.13. The maximum absolute atomic E-state index is 13.8. The molecule has 0 aliphatic rings. The molecule has 0 saturated heterocycles. The molecule has 0 heterocycles. The summed E-state index contributed by atoms with van der Waals surface area (Å²) in [6.07, 6.45) is 0.509. The maximum atomic E-state index is 13.8. The lowest BCUT2D eigenvalue weighted by Gasteiger charge is -2.21. The van der Waals surface area contributed by atoms with Gasteiger partial charge in [0.15, 0.2) is 11.6 Å². The van der Waals surface area contributed by atoms with E-state index in [2.05, 4.69) is 10.6 Å². The first-order valence-electron chi connectivity index (χ1n) is 7.06. The fourth-order valence-corrected chi connectivity index (χ4v) is 1.50. The number of anilines is 1. The van der Waals surface area contributed by atoms with E-state index in [1.807, 2.05) is 6.92 Å². The Kier molecular flexibility index (Phi) is 7.07. The van der Waals surface area contributed by atoms with Crippen LogP contribution >= 0.6 is 0 Å². The molecule has 6 nitrogen and oxygen atoms in total. The second kappa shape index (κ2) is 8.55. The van der Waals surface area contributed by atoms with E-state index in [-0.39, 0.29) is 18.9 Å². The van der Waals surface area contributed by atoms with Gasteiger partial charge < -0.3 is 25.2 Å². The van der Waals surface area contributed by atoms with Crippen molar-refractivity contribution < 1.29 is 23.8 Å². The van der Waals surface area contributed by atoms with Crippen LogP contribution in [0.1, 0.15) is 20.3 Å². The average molecular weight is 314 g/mol. The topological polar surface area (TPSA) is 79.8 Å². The molecule has 1 aromatic carbocycles. The van der Waals surface area contributed by atoms with Gasteiger partial charge in [0.1, 0.15) is 6.61 Å². The van der Waals surface area contributed by atoms with E-state index in [9.17, 15) is 14.3 Å². The zero-order chi connectivity index (χ0) is 16.6. The van der Waals surface area contributed by atoms with Crippen LogP contribution in [0, 0.1) is 5.82 Å². The first-order chi connectivity index (χ1) is 10.4. The molecule has 7 heteroatoms. The number of nitrogens with one attached hydrogen (secondary N) is 2. The fraction of sp³-hybridized carbons (Fsp3) is 0.533. The van der Waals surface area contributed by atoms with Gasteiger partial charge in [0.2, 0.25) is 0 Å². The van der Waals surface area contributed by atoms with Crippen molar-refractivity contribution in [2.24, 2.45) is 0 Å². The van der Waals surface area contributed by atoms with E-state index in [1.165, 1.54) is 25.3 Å². The van der Waals surface area contributed by atoms with Gasteiger partial charge in [0.25, 0.3) is 0 Å². The average Bonchev–Trinajstić information content (AvgIpc) is 2.48. The summed E-state index contributed by atoms with van der Waals surface area (Å²) in [5, 5.41) is 14.8. The van der Waals surface area contributed by atoms with Crippen LogP contribution in [0.3, 0.4) is 0 Å². The molecule has 124 valence electrons. The van der Waals surface area contributed by atoms with E-state index in [0.717, 1.165) is 0 Å². The molecule has 1 atom stereocenters. The summed E-state index contributed by atoms with van der Waals surface area (Å²) in [6.45, 7) is 4.15. The van der Waals surface area contributed by atoms with Crippen molar-refractivity contribution in [3.8, 4) is 5.75 Å². The van der Waals surface area contributed by atoms with Gasteiger partial charge in [-0.05, 0) is 25.5 Å². The number of methoxy groups -OCH3 is 1. The van der Waals surface area contributed by atoms with Crippen LogP contribution in [0.5, 0.6) is 5.75 Å². The van der Waals surface area contributed by atoms with Gasteiger partial charge in [-0.25, -0.2) is 9.18 Å². The minimum Gasteiger partial charge on any atom is -0.488 e. The molecular weight excluding hydrogens is 291 g/mol. The molecular formula is C15H23FN2O4. The van der Waals surface area contributed by atoms with Crippen LogP contribution in [-0.4, -0.2) is 43.6 Å². The quantitative estimate of drug-likeness (QED) is 0.642. The highest BCUT2D eigenvalue weighted by Gasteiger charge is 2.18. The van der Waals surface area contributed by atoms with Crippen molar-refractivity contribution in [2.45, 2.75) is 25.9 Å². The molecule has 0 aromatic heterocycles. The smallest absolute Gasteiger partial charge is 0.319 e. The van der Waals surface area contributed by atoms with E-state index < -0.39 is 17.4 Å². The first-order valence-corrected chi connectivity index (χ1v) is 7.06. The lowest BCUT2D eigenvalue weighted by molar-refractivity contribution is 0.0587. The molecule has 22 heavy (non-hydrogen) atoms. The maximum Gasteiger partial charge on any atom is 0.319 e. The summed E-state index contributed by atoms with van der Waals surface area (Å²) in [5.74, 6) is -0.480. The number of urea groups is 1. The Morgan fingerprint density at radius 2 is 2.14 bits per heavy atom. The second-order valence-electron chi connectivity index (χ2n) is 5.14. The lowest BCUT2D eigenvalue weighted by Crippen LogP contribution is -2.41. The van der Waals surface area contributed by atoms with Gasteiger partial charge in [-0.3, -0.25) is 0 Å². The zero-order valence-corrected chi connectivity index (χ0v) is 13.1. The molecule has 3 N–H and O–H groups in total. The number of carbonyl (C=O) groups is 1. The van der Waals surface area contributed by atoms with Gasteiger partial charge in [-0.2, -0.15) is 0 Å². The van der Waals surface area contributed by atoms with Crippen molar-refractivity contribution in [1.29, 1.82) is 0 Å². The highest BCUT2D eigenvalue weighted by molar-refractivity contribution is 5.89. The number of rotatable bonds is 8. The highest BCUT2D eigenvalue weighted by atomic mass is 19.1. The van der Waals surface area contributed by atoms with Gasteiger partial charge in [-0.15, -0.1) is 0 Å². The molecule has 2 amide bonds. The fourth-order valence-electron chi connectivity index (χ4n) is 1.50. The van der Waals surface area contributed by atoms with Crippen LogP contribution in [0.2, 0.25) is 0 Å². The van der Waals surface area contributed by atoms with E-state index in [4.69, 9.17) is 9.47 Å². The van der Waals surface area contributed by atoms with Crippen LogP contribution in [-0.2, 0) is 4.74 Å². The SMILES string of the molecule is CC[C@@](C)(O)CNC(=O)Nc1ccc(OCCOC)c(F)c1. The van der Waals surface area contributed by atoms with Crippen molar-refractivity contribution >= 4 is 11.7 Å². The minimum atomic E-state index is -0.971. The van der Waals surface area contributed by atoms with Crippen molar-refractivity contribution in [3.05, 3.63) is 24.0 Å². The van der Waals surface area contributed by atoms with Gasteiger partial charge in [0.05, 0.1) is 12.2 Å². The van der Waals surface area contributed by atoms with Gasteiger partial charge in [0, 0.05) is 25.4 Å². The highest BCUT2D eigenvalue weighted by Crippen LogP contribution is 2.21. The number of benzene rings is 1. The summed E-state index contributed by atoms with van der Waals surface area (Å²) >= 11 is 0. The Morgan fingerprint density at radius 1 is 1.41 bits per heavy atom. The van der Waals surface area contributed by atoms with Crippen LogP contribution in [0.4, 0.5) is 14.9 Å².